The summed E-state index contributed by atoms with van der Waals surface area (Å²) in [6, 6.07) is -0.0900. The highest BCUT2D eigenvalue weighted by Crippen LogP contribution is 2.19. The van der Waals surface area contributed by atoms with Crippen LogP contribution in [-0.2, 0) is 9.53 Å². The van der Waals surface area contributed by atoms with Crippen LogP contribution in [0.5, 0.6) is 0 Å². The second kappa shape index (κ2) is 11.8. The number of nitrogens with one attached hydrogen (secondary N) is 2. The van der Waals surface area contributed by atoms with Gasteiger partial charge in [0.1, 0.15) is 0 Å². The van der Waals surface area contributed by atoms with Gasteiger partial charge in [0.2, 0.25) is 0 Å². The normalized spacial score (nSPS) is 18.8. The molecule has 0 aliphatic carbocycles. The molecule has 0 aromatic heterocycles. The second-order valence-corrected chi connectivity index (χ2v) is 6.03. The van der Waals surface area contributed by atoms with Gasteiger partial charge in [-0.1, -0.05) is 0 Å². The minimum absolute atomic E-state index is 0. The topological polar surface area (TPSA) is 66.0 Å². The van der Waals surface area contributed by atoms with Crippen molar-refractivity contribution in [1.29, 1.82) is 0 Å². The Morgan fingerprint density at radius 3 is 2.64 bits per heavy atom. The first-order valence-electron chi connectivity index (χ1n) is 8.23. The molecule has 1 fully saturated rings. The molecule has 0 aromatic carbocycles. The Bertz CT molecular complexity index is 433. The number of rotatable bonds is 7. The fourth-order valence-corrected chi connectivity index (χ4v) is 2.44. The van der Waals surface area contributed by atoms with Gasteiger partial charge in [-0.15, -0.1) is 24.0 Å². The number of esters is 1. The maximum absolute atomic E-state index is 12.4. The molecule has 1 saturated heterocycles. The number of ether oxygens (including phenoxy) is 1. The maximum atomic E-state index is 12.4. The predicted molar refractivity (Wildman–Crippen MR) is 101 cm³/mol. The Hall–Kier alpha value is -0.780. The Morgan fingerprint density at radius 2 is 2.08 bits per heavy atom. The number of hydrogen-bond acceptors (Lipinski definition) is 4. The summed E-state index contributed by atoms with van der Waals surface area (Å²) in [5.74, 6) is 0.190. The molecule has 25 heavy (non-hydrogen) atoms. The van der Waals surface area contributed by atoms with E-state index in [1.807, 2.05) is 6.92 Å². The van der Waals surface area contributed by atoms with Gasteiger partial charge in [0.15, 0.2) is 5.96 Å². The number of guanidine groups is 1. The van der Waals surface area contributed by atoms with Crippen LogP contribution in [0, 0.1) is 0 Å². The summed E-state index contributed by atoms with van der Waals surface area (Å²) in [6.45, 7) is 6.17. The Balaban J connectivity index is 0.00000576. The minimum atomic E-state index is -4.18. The number of likely N-dealkylation sites (tertiary alicyclic amines) is 1. The van der Waals surface area contributed by atoms with Gasteiger partial charge in [0, 0.05) is 25.7 Å². The number of carbonyl (C=O) groups excluding carboxylic acids is 1. The predicted octanol–water partition coefficient (Wildman–Crippen LogP) is 2.14. The van der Waals surface area contributed by atoms with Crippen molar-refractivity contribution in [2.45, 2.75) is 51.9 Å². The number of halogens is 4. The lowest BCUT2D eigenvalue weighted by Gasteiger charge is -2.19. The van der Waals surface area contributed by atoms with E-state index in [1.54, 1.807) is 13.8 Å². The summed E-state index contributed by atoms with van der Waals surface area (Å²) in [6.07, 6.45) is -3.55. The van der Waals surface area contributed by atoms with Crippen LogP contribution in [0.2, 0.25) is 0 Å². The average molecular weight is 480 g/mol. The molecule has 0 radical (unpaired) electrons. The molecule has 6 nitrogen and oxygen atoms in total. The fourth-order valence-electron chi connectivity index (χ4n) is 2.44. The average Bonchev–Trinajstić information content (AvgIpc) is 2.82. The van der Waals surface area contributed by atoms with Gasteiger partial charge in [-0.3, -0.25) is 14.7 Å². The third kappa shape index (κ3) is 11.4. The van der Waals surface area contributed by atoms with Crippen molar-refractivity contribution in [2.24, 2.45) is 4.99 Å². The quantitative estimate of drug-likeness (QED) is 0.253. The summed E-state index contributed by atoms with van der Waals surface area (Å²) in [5, 5.41) is 6.16. The third-order valence-electron chi connectivity index (χ3n) is 3.31. The summed E-state index contributed by atoms with van der Waals surface area (Å²) in [4.78, 5) is 17.1. The lowest BCUT2D eigenvalue weighted by Crippen LogP contribution is -2.45. The lowest BCUT2D eigenvalue weighted by atomic mass is 10.3. The summed E-state index contributed by atoms with van der Waals surface area (Å²) >= 11 is 0. The molecular weight excluding hydrogens is 452 g/mol. The number of aliphatic imine (C=N–C) groups is 1. The summed E-state index contributed by atoms with van der Waals surface area (Å²) < 4.78 is 42.2. The zero-order valence-corrected chi connectivity index (χ0v) is 17.2. The van der Waals surface area contributed by atoms with Crippen LogP contribution in [0.1, 0.15) is 33.6 Å². The molecule has 0 bridgehead atoms. The Kier molecular flexibility index (Phi) is 11.4. The van der Waals surface area contributed by atoms with Crippen LogP contribution in [0.4, 0.5) is 13.2 Å². The molecule has 1 atom stereocenters. The highest BCUT2D eigenvalue weighted by atomic mass is 127. The molecule has 0 spiro atoms. The van der Waals surface area contributed by atoms with Crippen LogP contribution in [0.25, 0.3) is 0 Å². The highest BCUT2D eigenvalue weighted by Gasteiger charge is 2.34. The van der Waals surface area contributed by atoms with Gasteiger partial charge in [-0.2, -0.15) is 13.2 Å². The number of alkyl halides is 3. The van der Waals surface area contributed by atoms with Crippen LogP contribution in [0.3, 0.4) is 0 Å². The van der Waals surface area contributed by atoms with Crippen LogP contribution >= 0.6 is 24.0 Å². The van der Waals surface area contributed by atoms with Crippen molar-refractivity contribution in [2.75, 3.05) is 32.7 Å². The summed E-state index contributed by atoms with van der Waals surface area (Å²) in [7, 11) is 0. The minimum Gasteiger partial charge on any atom is -0.463 e. The molecule has 1 aliphatic rings. The largest absolute Gasteiger partial charge is 0.463 e. The molecule has 1 aliphatic heterocycles. The van der Waals surface area contributed by atoms with E-state index in [4.69, 9.17) is 4.74 Å². The molecule has 2 N–H and O–H groups in total. The van der Waals surface area contributed by atoms with E-state index < -0.39 is 12.7 Å². The van der Waals surface area contributed by atoms with Gasteiger partial charge in [0.25, 0.3) is 0 Å². The van der Waals surface area contributed by atoms with Crippen molar-refractivity contribution in [3.8, 4) is 0 Å². The first kappa shape index (κ1) is 24.2. The molecule has 1 unspecified atom stereocenters. The molecule has 1 heterocycles. The zero-order chi connectivity index (χ0) is 18.2. The molecular formula is C15H28F3IN4O2. The van der Waals surface area contributed by atoms with Crippen LogP contribution < -0.4 is 10.6 Å². The first-order chi connectivity index (χ1) is 11.2. The molecule has 148 valence electrons. The van der Waals surface area contributed by atoms with E-state index in [9.17, 15) is 18.0 Å². The number of nitrogens with zero attached hydrogens (tertiary/aromatic N) is 2. The SMILES string of the molecule is CCNC(=NCCC(=O)OC(C)C)NC1CCN(CC(F)(F)F)C1.I. The van der Waals surface area contributed by atoms with E-state index in [2.05, 4.69) is 15.6 Å². The molecule has 1 rings (SSSR count). The molecule has 0 aromatic rings. The smallest absolute Gasteiger partial charge is 0.401 e. The molecule has 10 heteroatoms. The van der Waals surface area contributed by atoms with Gasteiger partial charge < -0.3 is 15.4 Å². The highest BCUT2D eigenvalue weighted by molar-refractivity contribution is 14.0. The lowest BCUT2D eigenvalue weighted by molar-refractivity contribution is -0.147. The van der Waals surface area contributed by atoms with Gasteiger partial charge in [0.05, 0.1) is 25.6 Å². The Labute approximate surface area is 164 Å². The standard InChI is InChI=1S/C15H27F3N4O2.HI/c1-4-19-14(20-7-5-13(23)24-11(2)3)21-12-6-8-22(9-12)10-15(16,17)18;/h11-12H,4-10H2,1-3H3,(H2,19,20,21);1H. The second-order valence-electron chi connectivity index (χ2n) is 6.03. The van der Waals surface area contributed by atoms with Crippen LogP contribution in [0.15, 0.2) is 4.99 Å². The fraction of sp³-hybridized carbons (Fsp3) is 0.867. The summed E-state index contributed by atoms with van der Waals surface area (Å²) in [5.41, 5.74) is 0. The van der Waals surface area contributed by atoms with E-state index in [0.717, 1.165) is 0 Å². The van der Waals surface area contributed by atoms with Gasteiger partial charge in [-0.05, 0) is 27.2 Å². The van der Waals surface area contributed by atoms with Crippen molar-refractivity contribution in [1.82, 2.24) is 15.5 Å². The third-order valence-corrected chi connectivity index (χ3v) is 3.31. The van der Waals surface area contributed by atoms with Crippen molar-refractivity contribution in [3.05, 3.63) is 0 Å². The Morgan fingerprint density at radius 1 is 1.40 bits per heavy atom. The molecule has 0 amide bonds. The van der Waals surface area contributed by atoms with Gasteiger partial charge >= 0.3 is 12.1 Å². The van der Waals surface area contributed by atoms with E-state index in [1.165, 1.54) is 4.90 Å². The zero-order valence-electron chi connectivity index (χ0n) is 14.9. The monoisotopic (exact) mass is 480 g/mol. The van der Waals surface area contributed by atoms with E-state index in [0.29, 0.717) is 32.0 Å². The molecule has 0 saturated carbocycles. The van der Waals surface area contributed by atoms with E-state index >= 15 is 0 Å². The first-order valence-corrected chi connectivity index (χ1v) is 8.23. The van der Waals surface area contributed by atoms with Crippen molar-refractivity contribution >= 4 is 35.9 Å². The number of carbonyl (C=O) groups is 1. The number of hydrogen-bond donors (Lipinski definition) is 2. The van der Waals surface area contributed by atoms with Crippen molar-refractivity contribution in [3.63, 3.8) is 0 Å². The van der Waals surface area contributed by atoms with Gasteiger partial charge in [-0.25, -0.2) is 0 Å². The van der Waals surface area contributed by atoms with Crippen molar-refractivity contribution < 1.29 is 22.7 Å². The van der Waals surface area contributed by atoms with Crippen LogP contribution in [-0.4, -0.2) is 67.9 Å². The maximum Gasteiger partial charge on any atom is 0.401 e. The van der Waals surface area contributed by atoms with E-state index in [-0.39, 0.29) is 55.1 Å².